The van der Waals surface area contributed by atoms with E-state index in [4.69, 9.17) is 0 Å². The van der Waals surface area contributed by atoms with Gasteiger partial charge in [0.2, 0.25) is 5.91 Å². The van der Waals surface area contributed by atoms with Crippen molar-refractivity contribution in [2.75, 3.05) is 13.1 Å². The third-order valence-electron chi connectivity index (χ3n) is 6.02. The molecule has 1 heterocycles. The van der Waals surface area contributed by atoms with Gasteiger partial charge in [-0.1, -0.05) is 30.3 Å². The number of hydrogen-bond donors (Lipinski definition) is 1. The van der Waals surface area contributed by atoms with Gasteiger partial charge in [-0.05, 0) is 81.9 Å². The quantitative estimate of drug-likeness (QED) is 0.802. The number of piperidine rings is 1. The maximum atomic E-state index is 13.8. The van der Waals surface area contributed by atoms with E-state index < -0.39 is 0 Å². The van der Waals surface area contributed by atoms with Crippen molar-refractivity contribution >= 4 is 5.91 Å². The van der Waals surface area contributed by atoms with Crippen LogP contribution in [0.15, 0.2) is 36.4 Å². The average molecular weight is 383 g/mol. The zero-order valence-corrected chi connectivity index (χ0v) is 17.4. The van der Waals surface area contributed by atoms with Crippen molar-refractivity contribution in [3.63, 3.8) is 0 Å². The van der Waals surface area contributed by atoms with Crippen LogP contribution in [-0.2, 0) is 11.3 Å². The highest BCUT2D eigenvalue weighted by atomic mass is 19.1. The van der Waals surface area contributed by atoms with Gasteiger partial charge in [-0.3, -0.25) is 9.69 Å². The van der Waals surface area contributed by atoms with Crippen LogP contribution in [0.1, 0.15) is 53.6 Å². The Bertz CT molecular complexity index is 840. The van der Waals surface area contributed by atoms with Crippen molar-refractivity contribution < 1.29 is 9.18 Å². The smallest absolute Gasteiger partial charge is 0.223 e. The van der Waals surface area contributed by atoms with E-state index in [0.717, 1.165) is 31.5 Å². The number of carbonyl (C=O) groups excluding carboxylic acids is 1. The van der Waals surface area contributed by atoms with E-state index in [1.165, 1.54) is 28.3 Å². The summed E-state index contributed by atoms with van der Waals surface area (Å²) in [6.45, 7) is 10.6. The Labute approximate surface area is 167 Å². The van der Waals surface area contributed by atoms with Crippen LogP contribution in [0.4, 0.5) is 4.39 Å². The third kappa shape index (κ3) is 4.79. The standard InChI is InChI=1S/C24H31FN2O/c1-16-13-18(3)22(14-17(16)2)19(4)26-24(28)20-9-11-27(12-10-20)15-21-7-5-6-8-23(21)25/h5-8,13-14,19-20H,9-12,15H2,1-4H3,(H,26,28)/t19-/m1/s1. The van der Waals surface area contributed by atoms with Crippen LogP contribution >= 0.6 is 0 Å². The molecule has 150 valence electrons. The van der Waals surface area contributed by atoms with E-state index in [9.17, 15) is 9.18 Å². The summed E-state index contributed by atoms with van der Waals surface area (Å²) in [6, 6.07) is 11.3. The number of likely N-dealkylation sites (tertiary alicyclic amines) is 1. The molecule has 0 spiro atoms. The summed E-state index contributed by atoms with van der Waals surface area (Å²) in [5.74, 6) is 0.0155. The number of carbonyl (C=O) groups is 1. The zero-order valence-electron chi connectivity index (χ0n) is 17.4. The van der Waals surface area contributed by atoms with Crippen LogP contribution in [0, 0.1) is 32.5 Å². The first-order chi connectivity index (χ1) is 13.3. The third-order valence-corrected chi connectivity index (χ3v) is 6.02. The number of halogens is 1. The molecule has 1 saturated heterocycles. The second-order valence-corrected chi connectivity index (χ2v) is 8.17. The summed E-state index contributed by atoms with van der Waals surface area (Å²) in [6.07, 6.45) is 1.64. The van der Waals surface area contributed by atoms with Gasteiger partial charge in [0.15, 0.2) is 0 Å². The fourth-order valence-electron chi connectivity index (χ4n) is 4.08. The average Bonchev–Trinajstić information content (AvgIpc) is 2.67. The molecule has 1 fully saturated rings. The molecule has 0 radical (unpaired) electrons. The van der Waals surface area contributed by atoms with Crippen molar-refractivity contribution in [2.24, 2.45) is 5.92 Å². The molecule has 0 aliphatic carbocycles. The normalized spacial score (nSPS) is 16.8. The molecule has 28 heavy (non-hydrogen) atoms. The van der Waals surface area contributed by atoms with Crippen molar-refractivity contribution in [1.82, 2.24) is 10.2 Å². The Morgan fingerprint density at radius 1 is 1.11 bits per heavy atom. The second-order valence-electron chi connectivity index (χ2n) is 8.17. The predicted octanol–water partition coefficient (Wildman–Crippen LogP) is 4.84. The van der Waals surface area contributed by atoms with E-state index >= 15 is 0 Å². The highest BCUT2D eigenvalue weighted by Crippen LogP contribution is 2.24. The summed E-state index contributed by atoms with van der Waals surface area (Å²) in [5, 5.41) is 3.21. The van der Waals surface area contributed by atoms with Gasteiger partial charge >= 0.3 is 0 Å². The molecule has 3 nitrogen and oxygen atoms in total. The van der Waals surface area contributed by atoms with E-state index in [-0.39, 0.29) is 23.7 Å². The van der Waals surface area contributed by atoms with Gasteiger partial charge in [0.1, 0.15) is 5.82 Å². The maximum absolute atomic E-state index is 13.8. The first-order valence-corrected chi connectivity index (χ1v) is 10.2. The molecule has 1 aliphatic heterocycles. The van der Waals surface area contributed by atoms with Gasteiger partial charge in [-0.2, -0.15) is 0 Å². The number of nitrogens with one attached hydrogen (secondary N) is 1. The number of rotatable bonds is 5. The van der Waals surface area contributed by atoms with Crippen LogP contribution in [-0.4, -0.2) is 23.9 Å². The number of aryl methyl sites for hydroxylation is 3. The Kier molecular flexibility index (Phi) is 6.50. The molecular formula is C24H31FN2O. The molecule has 1 N–H and O–H groups in total. The minimum atomic E-state index is -0.153. The monoisotopic (exact) mass is 382 g/mol. The Morgan fingerprint density at radius 2 is 1.75 bits per heavy atom. The molecule has 0 unspecified atom stereocenters. The zero-order chi connectivity index (χ0) is 20.3. The topological polar surface area (TPSA) is 32.3 Å². The lowest BCUT2D eigenvalue weighted by molar-refractivity contribution is -0.127. The highest BCUT2D eigenvalue weighted by molar-refractivity contribution is 5.79. The van der Waals surface area contributed by atoms with Crippen LogP contribution in [0.3, 0.4) is 0 Å². The summed E-state index contributed by atoms with van der Waals surface area (Å²) in [7, 11) is 0. The molecular weight excluding hydrogens is 351 g/mol. The molecule has 2 aromatic carbocycles. The van der Waals surface area contributed by atoms with Gasteiger partial charge in [0.25, 0.3) is 0 Å². The van der Waals surface area contributed by atoms with Gasteiger partial charge in [-0.25, -0.2) is 4.39 Å². The Hall–Kier alpha value is -2.20. The van der Waals surface area contributed by atoms with Gasteiger partial charge in [0.05, 0.1) is 6.04 Å². The van der Waals surface area contributed by atoms with Gasteiger partial charge in [0, 0.05) is 18.0 Å². The second kappa shape index (κ2) is 8.87. The summed E-state index contributed by atoms with van der Waals surface area (Å²) in [5.41, 5.74) is 5.67. The summed E-state index contributed by atoms with van der Waals surface area (Å²) < 4.78 is 13.8. The molecule has 1 aliphatic rings. The number of nitrogens with zero attached hydrogens (tertiary/aromatic N) is 1. The number of benzene rings is 2. The maximum Gasteiger partial charge on any atom is 0.223 e. The fourth-order valence-corrected chi connectivity index (χ4v) is 4.08. The lowest BCUT2D eigenvalue weighted by Crippen LogP contribution is -2.41. The minimum Gasteiger partial charge on any atom is -0.349 e. The lowest BCUT2D eigenvalue weighted by Gasteiger charge is -2.32. The molecule has 0 aromatic heterocycles. The van der Waals surface area contributed by atoms with Crippen LogP contribution in [0.5, 0.6) is 0 Å². The van der Waals surface area contributed by atoms with Crippen LogP contribution < -0.4 is 5.32 Å². The minimum absolute atomic E-state index is 0.00300. The highest BCUT2D eigenvalue weighted by Gasteiger charge is 2.26. The van der Waals surface area contributed by atoms with Crippen LogP contribution in [0.25, 0.3) is 0 Å². The lowest BCUT2D eigenvalue weighted by atomic mass is 9.93. The SMILES string of the molecule is Cc1cc(C)c([C@@H](C)NC(=O)C2CCN(Cc3ccccc3F)CC2)cc1C. The van der Waals surface area contributed by atoms with Crippen molar-refractivity contribution in [2.45, 2.75) is 53.1 Å². The van der Waals surface area contributed by atoms with Crippen molar-refractivity contribution in [1.29, 1.82) is 0 Å². The molecule has 4 heteroatoms. The largest absolute Gasteiger partial charge is 0.349 e. The molecule has 3 rings (SSSR count). The van der Waals surface area contributed by atoms with Gasteiger partial charge in [-0.15, -0.1) is 0 Å². The van der Waals surface area contributed by atoms with E-state index in [0.29, 0.717) is 6.54 Å². The first kappa shape index (κ1) is 20.5. The first-order valence-electron chi connectivity index (χ1n) is 10.2. The molecule has 2 aromatic rings. The molecule has 0 bridgehead atoms. The summed E-state index contributed by atoms with van der Waals surface area (Å²) >= 11 is 0. The fraction of sp³-hybridized carbons (Fsp3) is 0.458. The molecule has 1 atom stereocenters. The molecule has 0 saturated carbocycles. The van der Waals surface area contributed by atoms with E-state index in [1.54, 1.807) is 6.07 Å². The molecule has 1 amide bonds. The van der Waals surface area contributed by atoms with Crippen LogP contribution in [0.2, 0.25) is 0 Å². The summed E-state index contributed by atoms with van der Waals surface area (Å²) in [4.78, 5) is 15.0. The van der Waals surface area contributed by atoms with E-state index in [2.05, 4.69) is 50.0 Å². The number of amides is 1. The number of hydrogen-bond acceptors (Lipinski definition) is 2. The Morgan fingerprint density at radius 3 is 2.43 bits per heavy atom. The van der Waals surface area contributed by atoms with Crippen molar-refractivity contribution in [3.05, 3.63) is 70.0 Å². The predicted molar refractivity (Wildman–Crippen MR) is 112 cm³/mol. The van der Waals surface area contributed by atoms with Crippen molar-refractivity contribution in [3.8, 4) is 0 Å². The Balaban J connectivity index is 1.54. The van der Waals surface area contributed by atoms with E-state index in [1.807, 2.05) is 12.1 Å². The van der Waals surface area contributed by atoms with Gasteiger partial charge < -0.3 is 5.32 Å².